The number of rotatable bonds is 7. The summed E-state index contributed by atoms with van der Waals surface area (Å²) >= 11 is 0. The Labute approximate surface area is 149 Å². The maximum absolute atomic E-state index is 12.7. The summed E-state index contributed by atoms with van der Waals surface area (Å²) in [6, 6.07) is 9.16. The van der Waals surface area contributed by atoms with Crippen LogP contribution in [0.4, 0.5) is 5.69 Å². The highest BCUT2D eigenvalue weighted by Crippen LogP contribution is 2.17. The highest BCUT2D eigenvalue weighted by atomic mass is 16.2. The highest BCUT2D eigenvalue weighted by Gasteiger charge is 2.22. The second-order valence-electron chi connectivity index (χ2n) is 6.41. The molecule has 134 valence electrons. The Balaban J connectivity index is 2.17. The van der Waals surface area contributed by atoms with Crippen LogP contribution in [0, 0.1) is 13.8 Å². The number of aryl methyl sites for hydroxylation is 3. The number of hydrogen-bond donors (Lipinski definition) is 1. The summed E-state index contributed by atoms with van der Waals surface area (Å²) in [6.07, 6.45) is 3.89. The van der Waals surface area contributed by atoms with Gasteiger partial charge in [-0.25, -0.2) is 4.79 Å². The van der Waals surface area contributed by atoms with Crippen LogP contribution >= 0.6 is 0 Å². The summed E-state index contributed by atoms with van der Waals surface area (Å²) in [5.74, 6) is -0.195. The molecule has 0 fully saturated rings. The molecule has 0 bridgehead atoms. The average Bonchev–Trinajstić information content (AvgIpc) is 2.57. The van der Waals surface area contributed by atoms with Crippen molar-refractivity contribution in [3.63, 3.8) is 0 Å². The summed E-state index contributed by atoms with van der Waals surface area (Å²) in [6.45, 7) is 7.67. The van der Waals surface area contributed by atoms with E-state index in [4.69, 9.17) is 0 Å². The van der Waals surface area contributed by atoms with Gasteiger partial charge in [-0.05, 0) is 56.9 Å². The summed E-state index contributed by atoms with van der Waals surface area (Å²) in [5.41, 5.74) is 3.04. The highest BCUT2D eigenvalue weighted by molar-refractivity contribution is 5.93. The molecule has 0 aliphatic rings. The van der Waals surface area contributed by atoms with E-state index in [9.17, 15) is 9.59 Å². The zero-order valence-electron chi connectivity index (χ0n) is 15.5. The summed E-state index contributed by atoms with van der Waals surface area (Å²) in [5, 5.41) is 2.92. The minimum absolute atomic E-state index is 0.195. The van der Waals surface area contributed by atoms with Gasteiger partial charge in [0.25, 0.3) is 0 Å². The molecule has 1 heterocycles. The third-order valence-electron chi connectivity index (χ3n) is 4.32. The van der Waals surface area contributed by atoms with Gasteiger partial charge in [0.05, 0.1) is 0 Å². The zero-order chi connectivity index (χ0) is 18.4. The number of unbranched alkanes of at least 4 members (excludes halogenated alkanes) is 1. The van der Waals surface area contributed by atoms with Crippen molar-refractivity contribution >= 4 is 11.6 Å². The number of nitrogens with one attached hydrogen (secondary N) is 1. The Morgan fingerprint density at radius 1 is 1.20 bits per heavy atom. The van der Waals surface area contributed by atoms with Crippen LogP contribution in [0.5, 0.6) is 0 Å². The minimum Gasteiger partial charge on any atom is -0.324 e. The first-order valence-electron chi connectivity index (χ1n) is 8.92. The van der Waals surface area contributed by atoms with Gasteiger partial charge in [0.2, 0.25) is 5.91 Å². The van der Waals surface area contributed by atoms with E-state index in [1.54, 1.807) is 6.92 Å². The lowest BCUT2D eigenvalue weighted by Crippen LogP contribution is -2.36. The Morgan fingerprint density at radius 3 is 2.44 bits per heavy atom. The smallest absolute Gasteiger partial charge is 0.324 e. The molecule has 0 radical (unpaired) electrons. The molecule has 0 aliphatic carbocycles. The number of carbonyl (C=O) groups excluding carboxylic acids is 1. The molecule has 1 aromatic heterocycles. The number of hydrogen-bond acceptors (Lipinski definition) is 3. The molecule has 1 atom stereocenters. The van der Waals surface area contributed by atoms with Crippen molar-refractivity contribution in [3.8, 4) is 0 Å². The zero-order valence-corrected chi connectivity index (χ0v) is 15.5. The monoisotopic (exact) mass is 341 g/mol. The van der Waals surface area contributed by atoms with Crippen molar-refractivity contribution in [2.24, 2.45) is 0 Å². The molecule has 1 aromatic carbocycles. The summed E-state index contributed by atoms with van der Waals surface area (Å²) in [7, 11) is 0. The van der Waals surface area contributed by atoms with Crippen LogP contribution < -0.4 is 11.0 Å². The second-order valence-corrected chi connectivity index (χ2v) is 6.41. The predicted octanol–water partition coefficient (Wildman–Crippen LogP) is 3.79. The molecule has 2 rings (SSSR count). The Kier molecular flexibility index (Phi) is 6.51. The van der Waals surface area contributed by atoms with Crippen LogP contribution in [0.2, 0.25) is 0 Å². The van der Waals surface area contributed by atoms with Gasteiger partial charge in [0, 0.05) is 17.1 Å². The van der Waals surface area contributed by atoms with E-state index in [0.717, 1.165) is 30.6 Å². The number of nitrogens with zero attached hydrogens (tertiary/aromatic N) is 2. The van der Waals surface area contributed by atoms with Crippen molar-refractivity contribution in [2.75, 3.05) is 5.32 Å². The summed E-state index contributed by atoms with van der Waals surface area (Å²) in [4.78, 5) is 28.9. The third kappa shape index (κ3) is 4.78. The Morgan fingerprint density at radius 2 is 1.88 bits per heavy atom. The van der Waals surface area contributed by atoms with E-state index in [0.29, 0.717) is 12.1 Å². The lowest BCUT2D eigenvalue weighted by molar-refractivity contribution is -0.119. The van der Waals surface area contributed by atoms with Crippen LogP contribution in [0.25, 0.3) is 0 Å². The number of benzene rings is 1. The normalized spacial score (nSPS) is 12.0. The van der Waals surface area contributed by atoms with Gasteiger partial charge < -0.3 is 5.32 Å². The quantitative estimate of drug-likeness (QED) is 0.833. The van der Waals surface area contributed by atoms with Gasteiger partial charge in [-0.15, -0.1) is 0 Å². The molecule has 0 saturated heterocycles. The van der Waals surface area contributed by atoms with Gasteiger partial charge in [-0.1, -0.05) is 32.4 Å². The van der Waals surface area contributed by atoms with Crippen molar-refractivity contribution < 1.29 is 4.79 Å². The molecule has 5 nitrogen and oxygen atoms in total. The third-order valence-corrected chi connectivity index (χ3v) is 4.32. The van der Waals surface area contributed by atoms with Crippen molar-refractivity contribution in [2.45, 2.75) is 59.4 Å². The fraction of sp³-hybridized carbons (Fsp3) is 0.450. The molecule has 5 heteroatoms. The molecule has 1 amide bonds. The van der Waals surface area contributed by atoms with Crippen molar-refractivity contribution in [1.82, 2.24) is 9.55 Å². The standard InChI is InChI=1S/C20H27N3O2/c1-5-7-8-16-9-11-17(12-10-16)22-19(24)18(6-2)23-15(4)13-14(3)21-20(23)25/h9-13,18H,5-8H2,1-4H3,(H,22,24). The van der Waals surface area contributed by atoms with Crippen LogP contribution in [0.15, 0.2) is 35.1 Å². The number of amides is 1. The van der Waals surface area contributed by atoms with Crippen molar-refractivity contribution in [1.29, 1.82) is 0 Å². The number of carbonyl (C=O) groups is 1. The molecular weight excluding hydrogens is 314 g/mol. The van der Waals surface area contributed by atoms with Crippen molar-refractivity contribution in [3.05, 3.63) is 57.8 Å². The lowest BCUT2D eigenvalue weighted by atomic mass is 10.1. The molecule has 0 saturated carbocycles. The number of anilines is 1. The number of aromatic nitrogens is 2. The molecule has 0 aliphatic heterocycles. The minimum atomic E-state index is -0.569. The molecule has 1 unspecified atom stereocenters. The topological polar surface area (TPSA) is 64.0 Å². The van der Waals surface area contributed by atoms with E-state index in [1.165, 1.54) is 10.1 Å². The molecule has 0 spiro atoms. The molecule has 2 aromatic rings. The lowest BCUT2D eigenvalue weighted by Gasteiger charge is -2.20. The SMILES string of the molecule is CCCCc1ccc(NC(=O)C(CC)n2c(C)cc(C)nc2=O)cc1. The first-order chi connectivity index (χ1) is 12.0. The van der Waals surface area contributed by atoms with Crippen LogP contribution in [-0.4, -0.2) is 15.5 Å². The predicted molar refractivity (Wildman–Crippen MR) is 101 cm³/mol. The van der Waals surface area contributed by atoms with E-state index in [1.807, 2.05) is 44.2 Å². The van der Waals surface area contributed by atoms with Gasteiger partial charge in [0.1, 0.15) is 6.04 Å². The second kappa shape index (κ2) is 8.60. The largest absolute Gasteiger partial charge is 0.348 e. The summed E-state index contributed by atoms with van der Waals surface area (Å²) < 4.78 is 1.47. The molecule has 1 N–H and O–H groups in total. The van der Waals surface area contributed by atoms with E-state index < -0.39 is 6.04 Å². The Hall–Kier alpha value is -2.43. The van der Waals surface area contributed by atoms with E-state index >= 15 is 0 Å². The molecular formula is C20H27N3O2. The van der Waals surface area contributed by atoms with E-state index in [2.05, 4.69) is 17.2 Å². The Bertz CT molecular complexity index is 779. The first-order valence-corrected chi connectivity index (χ1v) is 8.92. The van der Waals surface area contributed by atoms with Gasteiger partial charge in [-0.2, -0.15) is 4.98 Å². The van der Waals surface area contributed by atoms with Gasteiger partial charge in [0.15, 0.2) is 0 Å². The van der Waals surface area contributed by atoms with Crippen LogP contribution in [-0.2, 0) is 11.2 Å². The average molecular weight is 341 g/mol. The fourth-order valence-electron chi connectivity index (χ4n) is 2.99. The van der Waals surface area contributed by atoms with Crippen LogP contribution in [0.3, 0.4) is 0 Å². The maximum Gasteiger partial charge on any atom is 0.348 e. The maximum atomic E-state index is 12.7. The van der Waals surface area contributed by atoms with E-state index in [-0.39, 0.29) is 11.6 Å². The van der Waals surface area contributed by atoms with Gasteiger partial charge >= 0.3 is 5.69 Å². The first kappa shape index (κ1) is 18.9. The van der Waals surface area contributed by atoms with Crippen LogP contribution in [0.1, 0.15) is 56.1 Å². The fourth-order valence-corrected chi connectivity index (χ4v) is 2.99. The molecule has 25 heavy (non-hydrogen) atoms. The van der Waals surface area contributed by atoms with Gasteiger partial charge in [-0.3, -0.25) is 9.36 Å².